The lowest BCUT2D eigenvalue weighted by Crippen LogP contribution is -2.36. The third kappa shape index (κ3) is 3.39. The van der Waals surface area contributed by atoms with Crippen LogP contribution in [0.3, 0.4) is 0 Å². The van der Waals surface area contributed by atoms with E-state index >= 15 is 0 Å². The summed E-state index contributed by atoms with van der Waals surface area (Å²) in [5, 5.41) is 0.225. The van der Waals surface area contributed by atoms with Crippen LogP contribution < -0.4 is 9.64 Å². The molecule has 2 fully saturated rings. The minimum Gasteiger partial charge on any atom is -0.463 e. The Hall–Kier alpha value is -1.10. The molecule has 1 aromatic heterocycles. The molecule has 1 atom stereocenters. The van der Waals surface area contributed by atoms with Crippen molar-refractivity contribution in [2.75, 3.05) is 18.1 Å². The Kier molecular flexibility index (Phi) is 4.78. The van der Waals surface area contributed by atoms with E-state index in [4.69, 9.17) is 16.3 Å². The van der Waals surface area contributed by atoms with Crippen molar-refractivity contribution in [2.45, 2.75) is 57.9 Å². The fourth-order valence-electron chi connectivity index (χ4n) is 3.58. The number of rotatable bonds is 5. The van der Waals surface area contributed by atoms with Gasteiger partial charge >= 0.3 is 6.01 Å². The van der Waals surface area contributed by atoms with Crippen LogP contribution >= 0.6 is 11.6 Å². The average molecular weight is 311 g/mol. The van der Waals surface area contributed by atoms with Crippen molar-refractivity contribution in [3.63, 3.8) is 0 Å². The summed E-state index contributed by atoms with van der Waals surface area (Å²) >= 11 is 6.05. The fraction of sp³-hybridized carbons (Fsp3) is 0.800. The molecule has 1 saturated carbocycles. The Labute approximate surface area is 131 Å². The smallest absolute Gasteiger partial charge is 0.322 e. The molecule has 0 amide bonds. The normalized spacial score (nSPS) is 23.0. The van der Waals surface area contributed by atoms with Gasteiger partial charge in [0.2, 0.25) is 11.2 Å². The molecule has 3 rings (SSSR count). The summed E-state index contributed by atoms with van der Waals surface area (Å²) in [4.78, 5) is 15.2. The number of anilines is 1. The minimum absolute atomic E-state index is 0.225. The molecule has 0 radical (unpaired) electrons. The monoisotopic (exact) mass is 310 g/mol. The number of ether oxygens (including phenoxy) is 1. The number of hydrogen-bond donors (Lipinski definition) is 0. The lowest BCUT2D eigenvalue weighted by atomic mass is 9.96. The zero-order valence-electron chi connectivity index (χ0n) is 12.6. The Morgan fingerprint density at radius 1 is 1.14 bits per heavy atom. The maximum absolute atomic E-state index is 6.05. The van der Waals surface area contributed by atoms with Gasteiger partial charge in [-0.2, -0.15) is 15.0 Å². The molecule has 0 N–H and O–H groups in total. The van der Waals surface area contributed by atoms with Gasteiger partial charge in [-0.25, -0.2) is 0 Å². The molecule has 0 aromatic carbocycles. The molecule has 1 aromatic rings. The van der Waals surface area contributed by atoms with Crippen molar-refractivity contribution in [3.8, 4) is 6.01 Å². The Morgan fingerprint density at radius 2 is 1.95 bits per heavy atom. The van der Waals surface area contributed by atoms with Crippen LogP contribution in [-0.4, -0.2) is 34.1 Å². The van der Waals surface area contributed by atoms with Crippen LogP contribution in [-0.2, 0) is 0 Å². The van der Waals surface area contributed by atoms with Crippen molar-refractivity contribution in [1.82, 2.24) is 15.0 Å². The quantitative estimate of drug-likeness (QED) is 0.833. The summed E-state index contributed by atoms with van der Waals surface area (Å²) in [6, 6.07) is 0.911. The summed E-state index contributed by atoms with van der Waals surface area (Å²) in [5.74, 6) is 1.47. The Bertz CT molecular complexity index is 479. The maximum Gasteiger partial charge on any atom is 0.322 e. The van der Waals surface area contributed by atoms with Crippen molar-refractivity contribution >= 4 is 17.5 Å². The third-order valence-corrected chi connectivity index (χ3v) is 4.68. The molecule has 0 bridgehead atoms. The zero-order valence-corrected chi connectivity index (χ0v) is 13.3. The van der Waals surface area contributed by atoms with Crippen LogP contribution in [0.4, 0.5) is 5.95 Å². The molecule has 1 unspecified atom stereocenters. The van der Waals surface area contributed by atoms with Crippen LogP contribution in [0.2, 0.25) is 5.28 Å². The SMILES string of the molecule is CCCOc1nc(Cl)nc(N2CCCC2C2CCCC2)n1. The van der Waals surface area contributed by atoms with Crippen LogP contribution in [0, 0.1) is 5.92 Å². The van der Waals surface area contributed by atoms with Gasteiger partial charge in [0, 0.05) is 12.6 Å². The van der Waals surface area contributed by atoms with Gasteiger partial charge < -0.3 is 9.64 Å². The molecule has 1 aliphatic carbocycles. The number of hydrogen-bond acceptors (Lipinski definition) is 5. The highest BCUT2D eigenvalue weighted by atomic mass is 35.5. The predicted octanol–water partition coefficient (Wildman–Crippen LogP) is 3.47. The maximum atomic E-state index is 6.05. The van der Waals surface area contributed by atoms with Gasteiger partial charge in [-0.3, -0.25) is 0 Å². The molecule has 0 spiro atoms. The van der Waals surface area contributed by atoms with Gasteiger partial charge in [0.05, 0.1) is 6.61 Å². The zero-order chi connectivity index (χ0) is 14.7. The largest absolute Gasteiger partial charge is 0.463 e. The fourth-order valence-corrected chi connectivity index (χ4v) is 3.73. The van der Waals surface area contributed by atoms with Gasteiger partial charge in [0.15, 0.2) is 0 Å². The first-order chi connectivity index (χ1) is 10.3. The second kappa shape index (κ2) is 6.77. The molecular formula is C15H23ClN4O. The molecule has 1 aliphatic heterocycles. The summed E-state index contributed by atoms with van der Waals surface area (Å²) in [5.41, 5.74) is 0. The first-order valence-electron chi connectivity index (χ1n) is 8.09. The molecule has 1 saturated heterocycles. The van der Waals surface area contributed by atoms with E-state index in [0.717, 1.165) is 18.9 Å². The number of nitrogens with zero attached hydrogens (tertiary/aromatic N) is 4. The van der Waals surface area contributed by atoms with E-state index in [0.29, 0.717) is 24.6 Å². The van der Waals surface area contributed by atoms with Crippen molar-refractivity contribution < 1.29 is 4.74 Å². The van der Waals surface area contributed by atoms with Crippen LogP contribution in [0.25, 0.3) is 0 Å². The predicted molar refractivity (Wildman–Crippen MR) is 82.9 cm³/mol. The average Bonchev–Trinajstić information content (AvgIpc) is 3.14. The van der Waals surface area contributed by atoms with Crippen molar-refractivity contribution in [3.05, 3.63) is 5.28 Å². The molecule has 5 nitrogen and oxygen atoms in total. The van der Waals surface area contributed by atoms with E-state index in [2.05, 4.69) is 26.8 Å². The summed E-state index contributed by atoms with van der Waals surface area (Å²) in [6.45, 7) is 3.67. The van der Waals surface area contributed by atoms with E-state index in [1.165, 1.54) is 38.5 Å². The molecular weight excluding hydrogens is 288 g/mol. The van der Waals surface area contributed by atoms with Gasteiger partial charge in [-0.15, -0.1) is 0 Å². The first kappa shape index (κ1) is 14.8. The minimum atomic E-state index is 0.225. The molecule has 2 heterocycles. The summed E-state index contributed by atoms with van der Waals surface area (Å²) in [6.07, 6.45) is 8.75. The van der Waals surface area contributed by atoms with Crippen LogP contribution in [0.1, 0.15) is 51.9 Å². The topological polar surface area (TPSA) is 51.1 Å². The number of aromatic nitrogens is 3. The molecule has 116 valence electrons. The van der Waals surface area contributed by atoms with Crippen molar-refractivity contribution in [1.29, 1.82) is 0 Å². The van der Waals surface area contributed by atoms with Crippen LogP contribution in [0.15, 0.2) is 0 Å². The lowest BCUT2D eigenvalue weighted by Gasteiger charge is -2.29. The van der Waals surface area contributed by atoms with E-state index in [9.17, 15) is 0 Å². The van der Waals surface area contributed by atoms with E-state index < -0.39 is 0 Å². The summed E-state index contributed by atoms with van der Waals surface area (Å²) < 4.78 is 5.52. The summed E-state index contributed by atoms with van der Waals surface area (Å²) in [7, 11) is 0. The Balaban J connectivity index is 1.79. The standard InChI is InChI=1S/C15H23ClN4O/c1-2-10-21-15-18-13(16)17-14(19-15)20-9-5-8-12(20)11-6-3-4-7-11/h11-12H,2-10H2,1H3. The van der Waals surface area contributed by atoms with Crippen molar-refractivity contribution in [2.24, 2.45) is 5.92 Å². The van der Waals surface area contributed by atoms with Crippen LogP contribution in [0.5, 0.6) is 6.01 Å². The lowest BCUT2D eigenvalue weighted by molar-refractivity contribution is 0.291. The highest BCUT2D eigenvalue weighted by Crippen LogP contribution is 2.37. The van der Waals surface area contributed by atoms with Gasteiger partial charge in [0.1, 0.15) is 0 Å². The number of halogens is 1. The second-order valence-electron chi connectivity index (χ2n) is 5.98. The van der Waals surface area contributed by atoms with Gasteiger partial charge in [-0.1, -0.05) is 19.8 Å². The Morgan fingerprint density at radius 3 is 2.71 bits per heavy atom. The van der Waals surface area contributed by atoms with E-state index in [1.54, 1.807) is 0 Å². The molecule has 2 aliphatic rings. The first-order valence-corrected chi connectivity index (χ1v) is 8.46. The van der Waals surface area contributed by atoms with Gasteiger partial charge in [-0.05, 0) is 49.6 Å². The second-order valence-corrected chi connectivity index (χ2v) is 6.32. The third-order valence-electron chi connectivity index (χ3n) is 4.51. The van der Waals surface area contributed by atoms with E-state index in [-0.39, 0.29) is 5.28 Å². The van der Waals surface area contributed by atoms with E-state index in [1.807, 2.05) is 0 Å². The highest BCUT2D eigenvalue weighted by molar-refractivity contribution is 6.28. The van der Waals surface area contributed by atoms with Gasteiger partial charge in [0.25, 0.3) is 0 Å². The molecule has 6 heteroatoms. The highest BCUT2D eigenvalue weighted by Gasteiger charge is 2.35. The molecule has 21 heavy (non-hydrogen) atoms.